The van der Waals surface area contributed by atoms with Crippen LogP contribution in [0.2, 0.25) is 0 Å². The number of benzene rings is 1. The molecule has 0 unspecified atom stereocenters. The summed E-state index contributed by atoms with van der Waals surface area (Å²) in [7, 11) is 0. The van der Waals surface area contributed by atoms with E-state index in [4.69, 9.17) is 0 Å². The van der Waals surface area contributed by atoms with Crippen LogP contribution in [0.3, 0.4) is 0 Å². The zero-order chi connectivity index (χ0) is 15.3. The van der Waals surface area contributed by atoms with E-state index in [1.807, 2.05) is 13.2 Å². The molecule has 0 bridgehead atoms. The number of Topliss-reactive ketones (excluding diaryl/α,β-unsaturated/α-hetero) is 1. The topological polar surface area (TPSA) is 92.5 Å². The Bertz CT molecular complexity index is 503. The van der Waals surface area contributed by atoms with E-state index < -0.39 is 4.92 Å². The number of aliphatic hydroxyl groups is 1. The van der Waals surface area contributed by atoms with Crippen molar-refractivity contribution in [3.63, 3.8) is 0 Å². The first-order valence-electron chi connectivity index (χ1n) is 6.10. The molecule has 0 aliphatic carbocycles. The van der Waals surface area contributed by atoms with E-state index in [0.717, 1.165) is 0 Å². The predicted octanol–water partition coefficient (Wildman–Crippen LogP) is 2.32. The molecular weight excluding hydrogens is 280 g/mol. The van der Waals surface area contributed by atoms with E-state index >= 15 is 0 Å². The van der Waals surface area contributed by atoms with Gasteiger partial charge in [-0.15, -0.1) is 0 Å². The molecule has 0 amide bonds. The zero-order valence-electron chi connectivity index (χ0n) is 11.6. The summed E-state index contributed by atoms with van der Waals surface area (Å²) < 4.78 is 0. The number of rotatable bonds is 7. The van der Waals surface area contributed by atoms with Crippen LogP contribution in [-0.4, -0.2) is 40.0 Å². The van der Waals surface area contributed by atoms with Gasteiger partial charge in [-0.25, -0.2) is 0 Å². The SMILES string of the molecule is CS[C@H](CO)[C@H](C)Nc1ccc([N+](=O)[O-])cc1C(C)=O. The van der Waals surface area contributed by atoms with Crippen LogP contribution in [0.4, 0.5) is 11.4 Å². The van der Waals surface area contributed by atoms with Crippen molar-refractivity contribution in [2.75, 3.05) is 18.2 Å². The fourth-order valence-electron chi connectivity index (χ4n) is 1.84. The van der Waals surface area contributed by atoms with Gasteiger partial charge in [-0.05, 0) is 26.2 Å². The van der Waals surface area contributed by atoms with Crippen LogP contribution in [0, 0.1) is 10.1 Å². The molecule has 1 aromatic rings. The highest BCUT2D eigenvalue weighted by molar-refractivity contribution is 7.99. The normalized spacial score (nSPS) is 13.6. The van der Waals surface area contributed by atoms with Gasteiger partial charge in [-0.2, -0.15) is 11.8 Å². The van der Waals surface area contributed by atoms with Crippen LogP contribution < -0.4 is 5.32 Å². The molecule has 110 valence electrons. The average Bonchev–Trinajstić information content (AvgIpc) is 2.39. The number of hydrogen-bond acceptors (Lipinski definition) is 6. The quantitative estimate of drug-likeness (QED) is 0.456. The second-order valence-corrected chi connectivity index (χ2v) is 5.51. The minimum atomic E-state index is -0.530. The van der Waals surface area contributed by atoms with Crippen molar-refractivity contribution in [3.8, 4) is 0 Å². The highest BCUT2D eigenvalue weighted by atomic mass is 32.2. The van der Waals surface area contributed by atoms with Crippen molar-refractivity contribution in [2.45, 2.75) is 25.1 Å². The second kappa shape index (κ2) is 7.25. The van der Waals surface area contributed by atoms with Gasteiger partial charge in [0.25, 0.3) is 5.69 Å². The van der Waals surface area contributed by atoms with Crippen molar-refractivity contribution in [3.05, 3.63) is 33.9 Å². The number of carbonyl (C=O) groups is 1. The van der Waals surface area contributed by atoms with Gasteiger partial charge in [0.2, 0.25) is 0 Å². The number of nitrogens with one attached hydrogen (secondary N) is 1. The maximum Gasteiger partial charge on any atom is 0.270 e. The first-order chi connectivity index (χ1) is 9.40. The molecule has 1 aromatic carbocycles. The number of nitro benzene ring substituents is 1. The van der Waals surface area contributed by atoms with Crippen molar-refractivity contribution in [1.29, 1.82) is 0 Å². The molecule has 2 N–H and O–H groups in total. The smallest absolute Gasteiger partial charge is 0.270 e. The third-order valence-electron chi connectivity index (χ3n) is 3.02. The minimum Gasteiger partial charge on any atom is -0.395 e. The van der Waals surface area contributed by atoms with Crippen LogP contribution in [0.25, 0.3) is 0 Å². The van der Waals surface area contributed by atoms with Crippen LogP contribution in [0.15, 0.2) is 18.2 Å². The molecule has 0 heterocycles. The Labute approximate surface area is 121 Å². The Kier molecular flexibility index (Phi) is 5.97. The van der Waals surface area contributed by atoms with E-state index in [2.05, 4.69) is 5.32 Å². The number of aliphatic hydroxyl groups excluding tert-OH is 1. The average molecular weight is 298 g/mol. The van der Waals surface area contributed by atoms with Crippen molar-refractivity contribution >= 4 is 28.9 Å². The van der Waals surface area contributed by atoms with E-state index in [9.17, 15) is 20.0 Å². The molecule has 6 nitrogen and oxygen atoms in total. The Morgan fingerprint density at radius 1 is 1.55 bits per heavy atom. The van der Waals surface area contributed by atoms with E-state index in [1.165, 1.54) is 36.9 Å². The van der Waals surface area contributed by atoms with E-state index in [1.54, 1.807) is 0 Å². The lowest BCUT2D eigenvalue weighted by Crippen LogP contribution is -2.31. The summed E-state index contributed by atoms with van der Waals surface area (Å²) >= 11 is 1.51. The molecule has 0 aromatic heterocycles. The number of non-ortho nitro benzene ring substituents is 1. The lowest BCUT2D eigenvalue weighted by Gasteiger charge is -2.23. The second-order valence-electron chi connectivity index (χ2n) is 4.43. The van der Waals surface area contributed by atoms with Gasteiger partial charge in [0.15, 0.2) is 5.78 Å². The molecule has 0 fully saturated rings. The molecule has 0 aliphatic rings. The molecule has 0 spiro atoms. The lowest BCUT2D eigenvalue weighted by atomic mass is 10.1. The standard InChI is InChI=1S/C13H18N2O4S/c1-8(13(7-16)20-3)14-12-5-4-10(15(18)19)6-11(12)9(2)17/h4-6,8,13-14,16H,7H2,1-3H3/t8-,13+/m0/s1. The van der Waals surface area contributed by atoms with Gasteiger partial charge < -0.3 is 10.4 Å². The molecule has 2 atom stereocenters. The third-order valence-corrected chi connectivity index (χ3v) is 4.18. The molecule has 1 rings (SSSR count). The number of nitro groups is 1. The molecule has 7 heteroatoms. The van der Waals surface area contributed by atoms with Crippen LogP contribution >= 0.6 is 11.8 Å². The number of hydrogen-bond donors (Lipinski definition) is 2. The van der Waals surface area contributed by atoms with Gasteiger partial charge in [-0.1, -0.05) is 0 Å². The van der Waals surface area contributed by atoms with Gasteiger partial charge in [0.1, 0.15) is 0 Å². The molecule has 0 saturated heterocycles. The fourth-order valence-corrected chi connectivity index (χ4v) is 2.46. The highest BCUT2D eigenvalue weighted by Gasteiger charge is 2.19. The van der Waals surface area contributed by atoms with Crippen LogP contribution in [-0.2, 0) is 0 Å². The minimum absolute atomic E-state index is 0.0116. The summed E-state index contributed by atoms with van der Waals surface area (Å²) in [4.78, 5) is 21.8. The lowest BCUT2D eigenvalue weighted by molar-refractivity contribution is -0.384. The number of ketones is 1. The maximum absolute atomic E-state index is 11.6. The summed E-state index contributed by atoms with van der Waals surface area (Å²) in [5.41, 5.74) is 0.712. The maximum atomic E-state index is 11.6. The summed E-state index contributed by atoms with van der Waals surface area (Å²) in [5.74, 6) is -0.242. The van der Waals surface area contributed by atoms with Crippen molar-refractivity contribution < 1.29 is 14.8 Å². The summed E-state index contributed by atoms with van der Waals surface area (Å²) in [6, 6.07) is 4.08. The van der Waals surface area contributed by atoms with Gasteiger partial charge in [0.05, 0.1) is 11.5 Å². The molecule has 0 aliphatic heterocycles. The predicted molar refractivity (Wildman–Crippen MR) is 80.6 cm³/mol. The Hall–Kier alpha value is -1.60. The number of carbonyl (C=O) groups excluding carboxylic acids is 1. The molecule has 0 saturated carbocycles. The first kappa shape index (κ1) is 16.5. The number of anilines is 1. The Morgan fingerprint density at radius 3 is 2.65 bits per heavy atom. The van der Waals surface area contributed by atoms with E-state index in [0.29, 0.717) is 5.69 Å². The first-order valence-corrected chi connectivity index (χ1v) is 7.39. The zero-order valence-corrected chi connectivity index (χ0v) is 12.4. The van der Waals surface area contributed by atoms with Crippen molar-refractivity contribution in [1.82, 2.24) is 0 Å². The number of thioether (sulfide) groups is 1. The molecule has 0 radical (unpaired) electrons. The highest BCUT2D eigenvalue weighted by Crippen LogP contribution is 2.25. The molecule has 20 heavy (non-hydrogen) atoms. The molecular formula is C13H18N2O4S. The Morgan fingerprint density at radius 2 is 2.20 bits per heavy atom. The number of nitrogens with zero attached hydrogens (tertiary/aromatic N) is 1. The van der Waals surface area contributed by atoms with Crippen molar-refractivity contribution in [2.24, 2.45) is 0 Å². The monoisotopic (exact) mass is 298 g/mol. The summed E-state index contributed by atoms with van der Waals surface area (Å²) in [6.45, 7) is 3.27. The van der Waals surface area contributed by atoms with E-state index in [-0.39, 0.29) is 34.9 Å². The summed E-state index contributed by atoms with van der Waals surface area (Å²) in [6.07, 6.45) is 1.89. The van der Waals surface area contributed by atoms with Gasteiger partial charge >= 0.3 is 0 Å². The largest absolute Gasteiger partial charge is 0.395 e. The Balaban J connectivity index is 3.06. The van der Waals surface area contributed by atoms with Gasteiger partial charge in [-0.3, -0.25) is 14.9 Å². The van der Waals surface area contributed by atoms with Crippen LogP contribution in [0.1, 0.15) is 24.2 Å². The van der Waals surface area contributed by atoms with Crippen LogP contribution in [0.5, 0.6) is 0 Å². The third kappa shape index (κ3) is 3.94. The summed E-state index contributed by atoms with van der Waals surface area (Å²) in [5, 5.41) is 23.1. The fraction of sp³-hybridized carbons (Fsp3) is 0.462. The van der Waals surface area contributed by atoms with Gasteiger partial charge in [0, 0.05) is 34.7 Å².